The van der Waals surface area contributed by atoms with Gasteiger partial charge in [0.1, 0.15) is 0 Å². The van der Waals surface area contributed by atoms with Gasteiger partial charge >= 0.3 is 0 Å². The molecule has 2 fully saturated rings. The fraction of sp³-hybridized carbons (Fsp3) is 0.600. The second-order valence-corrected chi connectivity index (χ2v) is 9.47. The van der Waals surface area contributed by atoms with E-state index in [1.807, 2.05) is 26.8 Å². The van der Waals surface area contributed by atoms with E-state index in [-0.39, 0.29) is 6.10 Å². The summed E-state index contributed by atoms with van der Waals surface area (Å²) in [6.45, 7) is 24.2. The van der Waals surface area contributed by atoms with Crippen LogP contribution >= 0.6 is 0 Å². The average Bonchev–Trinajstić information content (AvgIpc) is 3.07. The van der Waals surface area contributed by atoms with Crippen molar-refractivity contribution in [3.8, 4) is 0 Å². The summed E-state index contributed by atoms with van der Waals surface area (Å²) >= 11 is 0. The van der Waals surface area contributed by atoms with Crippen LogP contribution in [0.1, 0.15) is 93.4 Å². The number of hydrogen-bond donors (Lipinski definition) is 2. The van der Waals surface area contributed by atoms with E-state index in [1.54, 1.807) is 31.1 Å². The minimum absolute atomic E-state index is 0.324. The van der Waals surface area contributed by atoms with Gasteiger partial charge in [-0.1, -0.05) is 68.9 Å². The molecule has 2 saturated carbocycles. The Bertz CT molecular complexity index is 699. The molecule has 2 heteroatoms. The van der Waals surface area contributed by atoms with Gasteiger partial charge in [0.05, 0.1) is 11.7 Å². The smallest absolute Gasteiger partial charge is 0.0787 e. The molecular formula is C30H50O2. The molecule has 3 aliphatic carbocycles. The molecule has 0 bridgehead atoms. The zero-order valence-corrected chi connectivity index (χ0v) is 22.0. The van der Waals surface area contributed by atoms with Gasteiger partial charge in [0.15, 0.2) is 0 Å². The second kappa shape index (κ2) is 14.5. The first-order valence-corrected chi connectivity index (χ1v) is 12.4. The van der Waals surface area contributed by atoms with Crippen molar-refractivity contribution in [2.45, 2.75) is 105 Å². The zero-order chi connectivity index (χ0) is 24.9. The van der Waals surface area contributed by atoms with E-state index in [0.717, 1.165) is 24.8 Å². The van der Waals surface area contributed by atoms with Crippen LogP contribution in [-0.2, 0) is 0 Å². The lowest BCUT2D eigenvalue weighted by atomic mass is 9.64. The van der Waals surface area contributed by atoms with Crippen molar-refractivity contribution in [2.24, 2.45) is 11.3 Å². The molecule has 3 rings (SSSR count). The summed E-state index contributed by atoms with van der Waals surface area (Å²) in [4.78, 5) is 0. The molecular weight excluding hydrogens is 392 g/mol. The lowest BCUT2D eigenvalue weighted by Gasteiger charge is -2.40. The van der Waals surface area contributed by atoms with Gasteiger partial charge in [-0.25, -0.2) is 0 Å². The first kappa shape index (κ1) is 30.4. The summed E-state index contributed by atoms with van der Waals surface area (Å²) in [5.74, 6) is 0.699. The highest BCUT2D eigenvalue weighted by Crippen LogP contribution is 2.54. The van der Waals surface area contributed by atoms with E-state index in [1.165, 1.54) is 31.3 Å². The van der Waals surface area contributed by atoms with Crippen molar-refractivity contribution in [1.82, 2.24) is 0 Å². The number of hydrogen-bond acceptors (Lipinski definition) is 2. The Hall–Kier alpha value is -1.64. The number of aliphatic hydroxyl groups is 2. The molecule has 3 atom stereocenters. The summed E-state index contributed by atoms with van der Waals surface area (Å²) in [5, 5.41) is 18.9. The van der Waals surface area contributed by atoms with E-state index in [0.29, 0.717) is 11.3 Å². The number of allylic oxidation sites excluding steroid dienone is 6. The summed E-state index contributed by atoms with van der Waals surface area (Å²) in [5.41, 5.74) is 5.16. The van der Waals surface area contributed by atoms with Crippen LogP contribution in [0, 0.1) is 11.3 Å². The molecule has 0 saturated heterocycles. The maximum absolute atomic E-state index is 9.94. The Morgan fingerprint density at radius 3 is 2.28 bits per heavy atom. The molecule has 3 aliphatic rings. The van der Waals surface area contributed by atoms with Crippen LogP contribution in [0.25, 0.3) is 0 Å². The van der Waals surface area contributed by atoms with Crippen LogP contribution in [-0.4, -0.2) is 21.9 Å². The van der Waals surface area contributed by atoms with Crippen molar-refractivity contribution in [3.63, 3.8) is 0 Å². The van der Waals surface area contributed by atoms with Gasteiger partial charge in [0.25, 0.3) is 0 Å². The molecule has 0 heterocycles. The van der Waals surface area contributed by atoms with Gasteiger partial charge in [-0.2, -0.15) is 0 Å². The van der Waals surface area contributed by atoms with E-state index in [2.05, 4.69) is 51.8 Å². The third-order valence-electron chi connectivity index (χ3n) is 6.75. The van der Waals surface area contributed by atoms with Gasteiger partial charge in [-0.15, -0.1) is 13.2 Å². The molecule has 2 nitrogen and oxygen atoms in total. The van der Waals surface area contributed by atoms with Crippen molar-refractivity contribution in [1.29, 1.82) is 0 Å². The Morgan fingerprint density at radius 2 is 1.75 bits per heavy atom. The Morgan fingerprint density at radius 1 is 1.12 bits per heavy atom. The van der Waals surface area contributed by atoms with Gasteiger partial charge in [-0.3, -0.25) is 0 Å². The number of fused-ring (bicyclic) bond motifs is 1. The largest absolute Gasteiger partial charge is 0.388 e. The summed E-state index contributed by atoms with van der Waals surface area (Å²) in [6, 6.07) is 0. The van der Waals surface area contributed by atoms with E-state index >= 15 is 0 Å². The number of aliphatic hydroxyl groups excluding tert-OH is 1. The highest BCUT2D eigenvalue weighted by Gasteiger charge is 2.42. The van der Waals surface area contributed by atoms with Crippen LogP contribution in [0.3, 0.4) is 0 Å². The standard InChI is InChI=1S/C20H28O.C6H12O.C2H6.C2H4/c1-14-9-12-18-17(7-5-13-20(14,18)3)11-10-16-6-4-8-19(21)15(16)2;1-4-5-6(2,3)7;2*1-2/h9-11,18-19,21H,2,4-8,12-13H2,1,3H3;4-5,7H,1-3H3;1-2H3;1-2H2/b16-10-,17-11+;5-4+;;/t18?,19?,20-;;;/m1.../s1. The molecule has 0 aliphatic heterocycles. The first-order valence-electron chi connectivity index (χ1n) is 12.4. The van der Waals surface area contributed by atoms with Crippen LogP contribution in [0.15, 0.2) is 72.4 Å². The second-order valence-electron chi connectivity index (χ2n) is 9.47. The highest BCUT2D eigenvalue weighted by atomic mass is 16.3. The third-order valence-corrected chi connectivity index (χ3v) is 6.75. The summed E-state index contributed by atoms with van der Waals surface area (Å²) < 4.78 is 0. The van der Waals surface area contributed by atoms with Crippen molar-refractivity contribution >= 4 is 0 Å². The molecule has 2 unspecified atom stereocenters. The molecule has 182 valence electrons. The Balaban J connectivity index is 0.000000743. The molecule has 0 aromatic rings. The lowest BCUT2D eigenvalue weighted by molar-refractivity contribution is 0.133. The van der Waals surface area contributed by atoms with Crippen LogP contribution in [0.2, 0.25) is 0 Å². The number of rotatable bonds is 2. The van der Waals surface area contributed by atoms with Crippen molar-refractivity contribution in [3.05, 3.63) is 72.4 Å². The van der Waals surface area contributed by atoms with Crippen LogP contribution < -0.4 is 0 Å². The van der Waals surface area contributed by atoms with Crippen molar-refractivity contribution < 1.29 is 10.2 Å². The fourth-order valence-electron chi connectivity index (χ4n) is 4.87. The monoisotopic (exact) mass is 442 g/mol. The van der Waals surface area contributed by atoms with Crippen LogP contribution in [0.4, 0.5) is 0 Å². The predicted molar refractivity (Wildman–Crippen MR) is 143 cm³/mol. The van der Waals surface area contributed by atoms with Gasteiger partial charge < -0.3 is 10.2 Å². The minimum atomic E-state index is -0.630. The molecule has 0 spiro atoms. The quantitative estimate of drug-likeness (QED) is 0.422. The fourth-order valence-corrected chi connectivity index (χ4v) is 4.87. The SMILES string of the molecule is C/C=C/C(C)(C)O.C=C.C=C1/C(=C\C=C2/CCC[C@]3(C)C(C)=CCC23)CCCC1O.CC. The highest BCUT2D eigenvalue weighted by molar-refractivity contribution is 5.39. The first-order chi connectivity index (χ1) is 15.1. The Labute approximate surface area is 199 Å². The third kappa shape index (κ3) is 8.71. The van der Waals surface area contributed by atoms with Gasteiger partial charge in [0, 0.05) is 0 Å². The van der Waals surface area contributed by atoms with Gasteiger partial charge in [-0.05, 0) is 95.1 Å². The molecule has 0 aromatic carbocycles. The van der Waals surface area contributed by atoms with E-state index in [4.69, 9.17) is 5.11 Å². The van der Waals surface area contributed by atoms with Crippen LogP contribution in [0.5, 0.6) is 0 Å². The average molecular weight is 443 g/mol. The van der Waals surface area contributed by atoms with Crippen molar-refractivity contribution in [2.75, 3.05) is 0 Å². The maximum atomic E-state index is 9.94. The zero-order valence-electron chi connectivity index (χ0n) is 22.0. The van der Waals surface area contributed by atoms with Gasteiger partial charge in [0.2, 0.25) is 0 Å². The minimum Gasteiger partial charge on any atom is -0.388 e. The molecule has 32 heavy (non-hydrogen) atoms. The van der Waals surface area contributed by atoms with E-state index in [9.17, 15) is 5.11 Å². The molecule has 0 radical (unpaired) electrons. The molecule has 0 aromatic heterocycles. The lowest BCUT2D eigenvalue weighted by Crippen LogP contribution is -2.29. The molecule has 2 N–H and O–H groups in total. The summed E-state index contributed by atoms with van der Waals surface area (Å²) in [7, 11) is 0. The Kier molecular flexibility index (Phi) is 13.8. The molecule has 0 amide bonds. The van der Waals surface area contributed by atoms with E-state index < -0.39 is 5.60 Å². The topological polar surface area (TPSA) is 40.5 Å². The summed E-state index contributed by atoms with van der Waals surface area (Å²) in [6.07, 6.45) is 18.4. The predicted octanol–water partition coefficient (Wildman–Crippen LogP) is 8.26. The normalized spacial score (nSPS) is 29.8. The maximum Gasteiger partial charge on any atom is 0.0787 e.